The molecule has 2 atom stereocenters. The molecule has 1 aliphatic rings. The molecule has 1 aromatic heterocycles. The van der Waals surface area contributed by atoms with Crippen molar-refractivity contribution < 1.29 is 18.5 Å². The predicted octanol–water partition coefficient (Wildman–Crippen LogP) is 2.19. The van der Waals surface area contributed by atoms with Crippen LogP contribution in [0, 0.1) is 11.7 Å². The second kappa shape index (κ2) is 6.20. The van der Waals surface area contributed by atoms with Gasteiger partial charge in [0.2, 0.25) is 0 Å². The van der Waals surface area contributed by atoms with Crippen LogP contribution in [0.25, 0.3) is 0 Å². The fourth-order valence-electron chi connectivity index (χ4n) is 2.85. The van der Waals surface area contributed by atoms with Crippen molar-refractivity contribution in [2.24, 2.45) is 5.92 Å². The normalized spacial score (nSPS) is 19.7. The van der Waals surface area contributed by atoms with Gasteiger partial charge in [0.25, 0.3) is 0 Å². The molecule has 2 N–H and O–H groups in total. The van der Waals surface area contributed by atoms with Crippen LogP contribution in [0.15, 0.2) is 35.1 Å². The van der Waals surface area contributed by atoms with Gasteiger partial charge in [0.15, 0.2) is 5.82 Å². The number of fused-ring (bicyclic) bond motifs is 1. The van der Waals surface area contributed by atoms with Crippen molar-refractivity contribution in [2.75, 3.05) is 5.32 Å². The highest BCUT2D eigenvalue weighted by Gasteiger charge is 2.31. The van der Waals surface area contributed by atoms with Gasteiger partial charge in [-0.05, 0) is 36.0 Å². The minimum absolute atomic E-state index is 0.105. The molecule has 120 valence electrons. The average molecular weight is 317 g/mol. The maximum Gasteiger partial charge on any atom is 0.314 e. The summed E-state index contributed by atoms with van der Waals surface area (Å²) in [5.74, 6) is -1.64. The van der Waals surface area contributed by atoms with Gasteiger partial charge < -0.3 is 9.84 Å². The van der Waals surface area contributed by atoms with Gasteiger partial charge in [-0.3, -0.25) is 14.9 Å². The highest BCUT2D eigenvalue weighted by Crippen LogP contribution is 2.35. The summed E-state index contributed by atoms with van der Waals surface area (Å²) in [6.45, 7) is 1.97. The average Bonchev–Trinajstić information content (AvgIpc) is 3.03. The van der Waals surface area contributed by atoms with Crippen LogP contribution in [0.4, 0.5) is 10.2 Å². The Hall–Kier alpha value is -2.70. The van der Waals surface area contributed by atoms with E-state index in [2.05, 4.69) is 20.3 Å². The molecule has 1 aliphatic carbocycles. The van der Waals surface area contributed by atoms with Crippen molar-refractivity contribution in [2.45, 2.75) is 25.8 Å². The third-order valence-corrected chi connectivity index (χ3v) is 4.08. The number of hydrogen-bond donors (Lipinski definition) is 2. The molecule has 0 aliphatic heterocycles. The van der Waals surface area contributed by atoms with Crippen molar-refractivity contribution in [3.63, 3.8) is 0 Å². The van der Waals surface area contributed by atoms with E-state index in [1.165, 1.54) is 18.4 Å². The number of nitrogens with zero attached hydrogens (tertiary/aromatic N) is 1. The van der Waals surface area contributed by atoms with Gasteiger partial charge in [0, 0.05) is 6.07 Å². The van der Waals surface area contributed by atoms with Crippen molar-refractivity contribution in [1.82, 2.24) is 10.5 Å². The van der Waals surface area contributed by atoms with Crippen LogP contribution < -0.4 is 10.6 Å². The number of rotatable bonds is 2. The van der Waals surface area contributed by atoms with E-state index >= 15 is 0 Å². The highest BCUT2D eigenvalue weighted by atomic mass is 19.1. The first-order chi connectivity index (χ1) is 11.1. The van der Waals surface area contributed by atoms with Gasteiger partial charge in [0.05, 0.1) is 6.04 Å². The van der Waals surface area contributed by atoms with Gasteiger partial charge in [-0.2, -0.15) is 0 Å². The lowest BCUT2D eigenvalue weighted by Gasteiger charge is -2.32. The molecular formula is C16H16FN3O3. The first kappa shape index (κ1) is 15.2. The van der Waals surface area contributed by atoms with E-state index in [9.17, 15) is 14.0 Å². The van der Waals surface area contributed by atoms with Crippen LogP contribution in [0.3, 0.4) is 0 Å². The Bertz CT molecular complexity index is 730. The summed E-state index contributed by atoms with van der Waals surface area (Å²) in [5.41, 5.74) is 1.33. The monoisotopic (exact) mass is 317 g/mol. The SMILES string of the molecule is C[C@H]1CCc2c(F)cccc2[C@@H]1NC(=O)C(=O)Nc1ccon1. The number of nitrogens with one attached hydrogen (secondary N) is 2. The summed E-state index contributed by atoms with van der Waals surface area (Å²) >= 11 is 0. The maximum atomic E-state index is 13.9. The van der Waals surface area contributed by atoms with E-state index in [-0.39, 0.29) is 17.6 Å². The van der Waals surface area contributed by atoms with Gasteiger partial charge in [-0.25, -0.2) is 4.39 Å². The zero-order valence-corrected chi connectivity index (χ0v) is 12.5. The lowest BCUT2D eigenvalue weighted by atomic mass is 9.80. The Morgan fingerprint density at radius 1 is 1.30 bits per heavy atom. The van der Waals surface area contributed by atoms with Crippen molar-refractivity contribution in [1.29, 1.82) is 0 Å². The molecule has 6 nitrogen and oxygen atoms in total. The third-order valence-electron chi connectivity index (χ3n) is 4.08. The van der Waals surface area contributed by atoms with Gasteiger partial charge in [0.1, 0.15) is 12.1 Å². The third kappa shape index (κ3) is 3.08. The number of amides is 2. The second-order valence-electron chi connectivity index (χ2n) is 5.61. The lowest BCUT2D eigenvalue weighted by molar-refractivity contribution is -0.137. The summed E-state index contributed by atoms with van der Waals surface area (Å²) in [6, 6.07) is 5.84. The molecule has 1 aromatic carbocycles. The number of aromatic nitrogens is 1. The van der Waals surface area contributed by atoms with Crippen LogP contribution in [0.1, 0.15) is 30.5 Å². The molecular weight excluding hydrogens is 301 g/mol. The van der Waals surface area contributed by atoms with Crippen LogP contribution >= 0.6 is 0 Å². The number of hydrogen-bond acceptors (Lipinski definition) is 4. The van der Waals surface area contributed by atoms with Crippen LogP contribution in [0.2, 0.25) is 0 Å². The maximum absolute atomic E-state index is 13.9. The fraction of sp³-hybridized carbons (Fsp3) is 0.312. The number of halogens is 1. The van der Waals surface area contributed by atoms with E-state index in [4.69, 9.17) is 0 Å². The molecule has 0 bridgehead atoms. The Balaban J connectivity index is 1.75. The van der Waals surface area contributed by atoms with Gasteiger partial charge in [-0.15, -0.1) is 0 Å². The largest absolute Gasteiger partial charge is 0.363 e. The summed E-state index contributed by atoms with van der Waals surface area (Å²) in [6.07, 6.45) is 2.65. The summed E-state index contributed by atoms with van der Waals surface area (Å²) in [4.78, 5) is 24.0. The molecule has 0 saturated carbocycles. The van der Waals surface area contributed by atoms with Crippen molar-refractivity contribution >= 4 is 17.6 Å². The minimum Gasteiger partial charge on any atom is -0.363 e. The Kier molecular flexibility index (Phi) is 4.10. The molecule has 2 aromatic rings. The second-order valence-corrected chi connectivity index (χ2v) is 5.61. The molecule has 2 amide bonds. The quantitative estimate of drug-likeness (QED) is 0.832. The molecule has 0 saturated heterocycles. The molecule has 3 rings (SSSR count). The van der Waals surface area contributed by atoms with Gasteiger partial charge in [-0.1, -0.05) is 24.2 Å². The first-order valence-electron chi connectivity index (χ1n) is 7.35. The summed E-state index contributed by atoms with van der Waals surface area (Å²) < 4.78 is 18.5. The topological polar surface area (TPSA) is 84.2 Å². The molecule has 0 spiro atoms. The molecule has 1 heterocycles. The molecule has 0 fully saturated rings. The molecule has 0 unspecified atom stereocenters. The van der Waals surface area contributed by atoms with E-state index in [0.717, 1.165) is 12.0 Å². The van der Waals surface area contributed by atoms with E-state index in [1.54, 1.807) is 12.1 Å². The van der Waals surface area contributed by atoms with Crippen LogP contribution in [0.5, 0.6) is 0 Å². The smallest absolute Gasteiger partial charge is 0.314 e. The molecule has 0 radical (unpaired) electrons. The number of carbonyl (C=O) groups excluding carboxylic acids is 2. The summed E-state index contributed by atoms with van der Waals surface area (Å²) in [5, 5.41) is 8.53. The number of carbonyl (C=O) groups is 2. The van der Waals surface area contributed by atoms with E-state index < -0.39 is 17.9 Å². The summed E-state index contributed by atoms with van der Waals surface area (Å²) in [7, 11) is 0. The van der Waals surface area contributed by atoms with Crippen molar-refractivity contribution in [3.05, 3.63) is 47.5 Å². The number of anilines is 1. The zero-order chi connectivity index (χ0) is 16.4. The molecule has 7 heteroatoms. The lowest BCUT2D eigenvalue weighted by Crippen LogP contribution is -2.41. The minimum atomic E-state index is -0.838. The van der Waals surface area contributed by atoms with E-state index in [0.29, 0.717) is 12.0 Å². The van der Waals surface area contributed by atoms with E-state index in [1.807, 2.05) is 6.92 Å². The van der Waals surface area contributed by atoms with Gasteiger partial charge >= 0.3 is 11.8 Å². The zero-order valence-electron chi connectivity index (χ0n) is 12.5. The molecule has 23 heavy (non-hydrogen) atoms. The van der Waals surface area contributed by atoms with Crippen LogP contribution in [-0.4, -0.2) is 17.0 Å². The highest BCUT2D eigenvalue weighted by molar-refractivity contribution is 6.39. The van der Waals surface area contributed by atoms with Crippen molar-refractivity contribution in [3.8, 4) is 0 Å². The Morgan fingerprint density at radius 2 is 2.13 bits per heavy atom. The Labute approximate surface area is 132 Å². The standard InChI is InChI=1S/C16H16FN3O3/c1-9-5-6-10-11(3-2-4-12(10)17)14(9)19-16(22)15(21)18-13-7-8-23-20-13/h2-4,7-9,14H,5-6H2,1H3,(H,19,22)(H,18,20,21)/t9-,14+/m0/s1. The number of benzene rings is 1. The Morgan fingerprint density at radius 3 is 2.87 bits per heavy atom. The van der Waals surface area contributed by atoms with Crippen LogP contribution in [-0.2, 0) is 16.0 Å². The first-order valence-corrected chi connectivity index (χ1v) is 7.35. The fourth-order valence-corrected chi connectivity index (χ4v) is 2.85. The predicted molar refractivity (Wildman–Crippen MR) is 79.9 cm³/mol.